The largest absolute Gasteiger partial charge is 0.515 e. The first-order chi connectivity index (χ1) is 3.77. The lowest BCUT2D eigenvalue weighted by Crippen LogP contribution is -1.84. The molecule has 0 spiro atoms. The second-order valence-corrected chi connectivity index (χ2v) is 0.654. The minimum Gasteiger partial charge on any atom is -0.515 e. The van der Waals surface area contributed by atoms with Crippen molar-refractivity contribution in [1.82, 2.24) is 0 Å². The second kappa shape index (κ2) is 9.19. The van der Waals surface area contributed by atoms with Crippen LogP contribution in [0, 0.1) is 0 Å². The van der Waals surface area contributed by atoms with Crippen LogP contribution in [0.1, 0.15) is 0 Å². The quantitative estimate of drug-likeness (QED) is 0.374. The van der Waals surface area contributed by atoms with Crippen LogP contribution in [0.15, 0.2) is 12.3 Å². The van der Waals surface area contributed by atoms with Crippen molar-refractivity contribution >= 4 is 12.8 Å². The Balaban J connectivity index is 0. The Hall–Kier alpha value is -1.32. The maximum Gasteiger partial charge on any atom is 0.331 e. The number of carboxylic acids is 1. The Morgan fingerprint density at radius 3 is 1.88 bits per heavy atom. The van der Waals surface area contributed by atoms with E-state index in [1.54, 1.807) is 0 Å². The van der Waals surface area contributed by atoms with Crippen molar-refractivity contribution in [1.29, 1.82) is 0 Å². The summed E-state index contributed by atoms with van der Waals surface area (Å²) in [4.78, 5) is 17.4. The zero-order chi connectivity index (χ0) is 6.99. The van der Waals surface area contributed by atoms with E-state index in [4.69, 9.17) is 15.0 Å². The Morgan fingerprint density at radius 2 is 1.88 bits per heavy atom. The van der Waals surface area contributed by atoms with Crippen molar-refractivity contribution in [2.24, 2.45) is 0 Å². The number of aliphatic hydroxyl groups is 1. The highest BCUT2D eigenvalue weighted by Crippen LogP contribution is 1.62. The van der Waals surface area contributed by atoms with Crippen molar-refractivity contribution < 1.29 is 19.8 Å². The van der Waals surface area contributed by atoms with E-state index in [1.165, 1.54) is 0 Å². The second-order valence-electron chi connectivity index (χ2n) is 0.654. The molecule has 0 amide bonds. The van der Waals surface area contributed by atoms with Gasteiger partial charge in [-0.05, 0) is 0 Å². The lowest BCUT2D eigenvalue weighted by atomic mass is 10.7. The number of carbonyl (C=O) groups excluding carboxylic acids is 1. The van der Waals surface area contributed by atoms with E-state index >= 15 is 0 Å². The summed E-state index contributed by atoms with van der Waals surface area (Å²) in [5.74, 6) is -1.14. The molecule has 0 aromatic rings. The molecular formula is C4H6O4. The minimum atomic E-state index is -1.14. The maximum absolute atomic E-state index is 9.35. The fourth-order valence-corrected chi connectivity index (χ4v) is 0.0638. The molecule has 0 aliphatic rings. The van der Waals surface area contributed by atoms with Gasteiger partial charge in [0.2, 0.25) is 0 Å². The number of carboxylic acid groups (broad SMARTS) is 1. The Bertz CT molecular complexity index is 86.0. The molecule has 0 atom stereocenters. The highest BCUT2D eigenvalue weighted by Gasteiger charge is 1.78. The van der Waals surface area contributed by atoms with Crippen LogP contribution >= 0.6 is 0 Å². The number of aliphatic hydroxyl groups excluding tert-OH is 1. The molecule has 2 N–H and O–H groups in total. The van der Waals surface area contributed by atoms with Crippen molar-refractivity contribution in [2.75, 3.05) is 0 Å². The molecule has 0 saturated carbocycles. The van der Waals surface area contributed by atoms with Gasteiger partial charge < -0.3 is 15.0 Å². The topological polar surface area (TPSA) is 74.6 Å². The first kappa shape index (κ1) is 9.84. The van der Waals surface area contributed by atoms with Gasteiger partial charge in [0.25, 0.3) is 0 Å². The molecule has 0 aromatic carbocycles. The third kappa shape index (κ3) is 22.5. The normalized spacial score (nSPS) is 7.50. The van der Waals surface area contributed by atoms with Crippen molar-refractivity contribution in [2.45, 2.75) is 0 Å². The number of aliphatic carboxylic acids is 1. The monoisotopic (exact) mass is 118 g/mol. The summed E-state index contributed by atoms with van der Waals surface area (Å²) < 4.78 is 0. The average Bonchev–Trinajstić information content (AvgIpc) is 1.72. The van der Waals surface area contributed by atoms with E-state index in [0.717, 1.165) is 0 Å². The van der Waals surface area contributed by atoms with E-state index in [-0.39, 0.29) is 0 Å². The van der Waals surface area contributed by atoms with E-state index < -0.39 is 5.97 Å². The van der Waals surface area contributed by atoms with Gasteiger partial charge in [-0.2, -0.15) is 0 Å². The molecule has 8 heavy (non-hydrogen) atoms. The first-order valence-corrected chi connectivity index (χ1v) is 1.60. The third-order valence-corrected chi connectivity index (χ3v) is 0.217. The van der Waals surface area contributed by atoms with Gasteiger partial charge in [-0.1, -0.05) is 0 Å². The molecule has 0 heterocycles. The van der Waals surface area contributed by atoms with Crippen LogP contribution in [0.5, 0.6) is 0 Å². The van der Waals surface area contributed by atoms with Crippen molar-refractivity contribution in [3.63, 3.8) is 0 Å². The highest BCUT2D eigenvalue weighted by atomic mass is 16.4. The molecule has 0 aliphatic heterocycles. The van der Waals surface area contributed by atoms with Gasteiger partial charge in [-0.15, -0.1) is 0 Å². The van der Waals surface area contributed by atoms with E-state index in [1.807, 2.05) is 6.79 Å². The SMILES string of the molecule is C=O.O=C(O)/C=C\O. The number of carbonyl (C=O) groups is 2. The summed E-state index contributed by atoms with van der Waals surface area (Å²) in [7, 11) is 0. The van der Waals surface area contributed by atoms with Gasteiger partial charge in [0.05, 0.1) is 12.3 Å². The molecule has 0 fully saturated rings. The minimum absolute atomic E-state index is 0.475. The van der Waals surface area contributed by atoms with Crippen molar-refractivity contribution in [3.8, 4) is 0 Å². The van der Waals surface area contributed by atoms with Gasteiger partial charge in [-0.3, -0.25) is 0 Å². The smallest absolute Gasteiger partial charge is 0.331 e. The zero-order valence-corrected chi connectivity index (χ0v) is 4.07. The van der Waals surface area contributed by atoms with Crippen LogP contribution in [0.4, 0.5) is 0 Å². The zero-order valence-electron chi connectivity index (χ0n) is 4.07. The van der Waals surface area contributed by atoms with Gasteiger partial charge >= 0.3 is 5.97 Å². The Morgan fingerprint density at radius 1 is 1.50 bits per heavy atom. The van der Waals surface area contributed by atoms with Crippen molar-refractivity contribution in [3.05, 3.63) is 12.3 Å². The molecule has 0 aliphatic carbocycles. The predicted octanol–water partition coefficient (Wildman–Crippen LogP) is -0.0422. The molecule has 4 nitrogen and oxygen atoms in total. The van der Waals surface area contributed by atoms with Crippen LogP contribution in [0.2, 0.25) is 0 Å². The Kier molecular flexibility index (Phi) is 11.3. The number of hydrogen-bond acceptors (Lipinski definition) is 3. The van der Waals surface area contributed by atoms with Crippen LogP contribution in [0.3, 0.4) is 0 Å². The van der Waals surface area contributed by atoms with Gasteiger partial charge in [0, 0.05) is 0 Å². The molecule has 4 heteroatoms. The first-order valence-electron chi connectivity index (χ1n) is 1.60. The molecule has 0 rings (SSSR count). The number of rotatable bonds is 1. The van der Waals surface area contributed by atoms with Crippen LogP contribution in [0.25, 0.3) is 0 Å². The molecule has 0 unspecified atom stereocenters. The molecule has 46 valence electrons. The standard InChI is InChI=1S/C3H4O3.CH2O/c4-2-1-3(5)6;1-2/h1-2,4H,(H,5,6);1H2/b2-1-;. The maximum atomic E-state index is 9.35. The van der Waals surface area contributed by atoms with Crippen LogP contribution in [-0.4, -0.2) is 23.0 Å². The molecule has 0 bridgehead atoms. The summed E-state index contributed by atoms with van der Waals surface area (Å²) in [6.45, 7) is 2.00. The molecule has 0 saturated heterocycles. The summed E-state index contributed by atoms with van der Waals surface area (Å²) in [6, 6.07) is 0. The lowest BCUT2D eigenvalue weighted by molar-refractivity contribution is -0.131. The van der Waals surface area contributed by atoms with E-state index in [0.29, 0.717) is 12.3 Å². The summed E-state index contributed by atoms with van der Waals surface area (Å²) in [6.07, 6.45) is 1.11. The van der Waals surface area contributed by atoms with Crippen LogP contribution < -0.4 is 0 Å². The third-order valence-electron chi connectivity index (χ3n) is 0.217. The molecular weight excluding hydrogens is 112 g/mol. The van der Waals surface area contributed by atoms with Gasteiger partial charge in [-0.25, -0.2) is 4.79 Å². The van der Waals surface area contributed by atoms with Crippen LogP contribution in [-0.2, 0) is 9.59 Å². The Labute approximate surface area is 46.1 Å². The fourth-order valence-electron chi connectivity index (χ4n) is 0.0638. The summed E-state index contributed by atoms with van der Waals surface area (Å²) in [5.41, 5.74) is 0. The molecule has 0 radical (unpaired) electrons. The van der Waals surface area contributed by atoms with E-state index in [9.17, 15) is 4.79 Å². The predicted molar refractivity (Wildman–Crippen MR) is 26.5 cm³/mol. The van der Waals surface area contributed by atoms with E-state index in [2.05, 4.69) is 0 Å². The number of hydrogen-bond donors (Lipinski definition) is 2. The lowest BCUT2D eigenvalue weighted by Gasteiger charge is -1.68. The highest BCUT2D eigenvalue weighted by molar-refractivity contribution is 5.79. The van der Waals surface area contributed by atoms with Gasteiger partial charge in [0.15, 0.2) is 0 Å². The van der Waals surface area contributed by atoms with Gasteiger partial charge in [0.1, 0.15) is 6.79 Å². The summed E-state index contributed by atoms with van der Waals surface area (Å²) in [5, 5.41) is 15.3. The molecule has 0 aromatic heterocycles. The fraction of sp³-hybridized carbons (Fsp3) is 0. The summed E-state index contributed by atoms with van der Waals surface area (Å²) >= 11 is 0. The average molecular weight is 118 g/mol.